The number of rotatable bonds is 5. The van der Waals surface area contributed by atoms with Gasteiger partial charge in [0.25, 0.3) is 11.5 Å². The number of hydrogen-bond acceptors (Lipinski definition) is 6. The van der Waals surface area contributed by atoms with Crippen molar-refractivity contribution < 1.29 is 14.3 Å². The second-order valence-electron chi connectivity index (χ2n) is 8.17. The maximum absolute atomic E-state index is 13.1. The third-order valence-corrected chi connectivity index (χ3v) is 7.32. The van der Waals surface area contributed by atoms with Crippen molar-refractivity contribution in [3.63, 3.8) is 0 Å². The molecule has 2 aliphatic rings. The van der Waals surface area contributed by atoms with Crippen molar-refractivity contribution in [1.29, 1.82) is 0 Å². The summed E-state index contributed by atoms with van der Waals surface area (Å²) >= 11 is 1.28. The molecule has 7 nitrogen and oxygen atoms in total. The number of benzene rings is 1. The number of carbonyl (C=O) groups is 1. The Morgan fingerprint density at radius 3 is 2.81 bits per heavy atom. The Kier molecular flexibility index (Phi) is 5.17. The van der Waals surface area contributed by atoms with Crippen molar-refractivity contribution in [2.45, 2.75) is 58.1 Å². The highest BCUT2D eigenvalue weighted by Crippen LogP contribution is 2.35. The number of hydrogen-bond donors (Lipinski definition) is 1. The van der Waals surface area contributed by atoms with E-state index in [1.165, 1.54) is 24.2 Å². The molecule has 1 fully saturated rings. The van der Waals surface area contributed by atoms with Crippen LogP contribution in [-0.4, -0.2) is 28.7 Å². The predicted molar refractivity (Wildman–Crippen MR) is 121 cm³/mol. The molecule has 1 aromatic carbocycles. The van der Waals surface area contributed by atoms with Crippen LogP contribution < -0.4 is 20.3 Å². The molecule has 0 bridgehead atoms. The zero-order valence-corrected chi connectivity index (χ0v) is 18.5. The molecule has 0 atom stereocenters. The van der Waals surface area contributed by atoms with Crippen molar-refractivity contribution in [3.05, 3.63) is 44.8 Å². The largest absolute Gasteiger partial charge is 0.493 e. The van der Waals surface area contributed by atoms with Crippen LogP contribution in [-0.2, 0) is 13.0 Å². The van der Waals surface area contributed by atoms with Crippen molar-refractivity contribution >= 4 is 33.1 Å². The summed E-state index contributed by atoms with van der Waals surface area (Å²) in [7, 11) is 1.61. The van der Waals surface area contributed by atoms with Crippen LogP contribution in [0.2, 0.25) is 0 Å². The van der Waals surface area contributed by atoms with E-state index in [4.69, 9.17) is 9.47 Å². The van der Waals surface area contributed by atoms with Crippen LogP contribution in [0.3, 0.4) is 0 Å². The van der Waals surface area contributed by atoms with Crippen LogP contribution in [0.25, 0.3) is 10.2 Å². The normalized spacial score (nSPS) is 15.9. The van der Waals surface area contributed by atoms with E-state index in [1.54, 1.807) is 29.9 Å². The summed E-state index contributed by atoms with van der Waals surface area (Å²) in [6, 6.07) is 5.40. The van der Waals surface area contributed by atoms with Gasteiger partial charge in [0.05, 0.1) is 23.5 Å². The fourth-order valence-electron chi connectivity index (χ4n) is 4.51. The molecule has 1 saturated carbocycles. The van der Waals surface area contributed by atoms with Gasteiger partial charge in [0.1, 0.15) is 10.7 Å². The summed E-state index contributed by atoms with van der Waals surface area (Å²) in [6.45, 7) is 2.52. The van der Waals surface area contributed by atoms with Gasteiger partial charge in [-0.05, 0) is 56.7 Å². The number of ether oxygens (including phenoxy) is 2. The van der Waals surface area contributed by atoms with Gasteiger partial charge in [0.2, 0.25) is 0 Å². The average Bonchev–Trinajstić information content (AvgIpc) is 3.49. The van der Waals surface area contributed by atoms with Crippen molar-refractivity contribution in [2.75, 3.05) is 12.4 Å². The second-order valence-corrected chi connectivity index (χ2v) is 9.17. The number of aromatic nitrogens is 2. The Labute approximate surface area is 184 Å². The lowest BCUT2D eigenvalue weighted by Gasteiger charge is -2.17. The Morgan fingerprint density at radius 2 is 2.03 bits per heavy atom. The monoisotopic (exact) mass is 439 g/mol. The minimum absolute atomic E-state index is 0.0398. The second kappa shape index (κ2) is 8.00. The van der Waals surface area contributed by atoms with Gasteiger partial charge in [-0.3, -0.25) is 14.2 Å². The highest BCUT2D eigenvalue weighted by atomic mass is 32.1. The number of aryl methyl sites for hydroxylation is 2. The van der Waals surface area contributed by atoms with Crippen molar-refractivity contribution in [3.8, 4) is 11.5 Å². The van der Waals surface area contributed by atoms with Crippen molar-refractivity contribution in [1.82, 2.24) is 9.55 Å². The number of amides is 1. The van der Waals surface area contributed by atoms with E-state index in [2.05, 4.69) is 10.3 Å². The topological polar surface area (TPSA) is 82.5 Å². The predicted octanol–water partition coefficient (Wildman–Crippen LogP) is 4.29. The lowest BCUT2D eigenvalue weighted by Crippen LogP contribution is -2.20. The van der Waals surface area contributed by atoms with Gasteiger partial charge in [0, 0.05) is 24.7 Å². The van der Waals surface area contributed by atoms with Gasteiger partial charge >= 0.3 is 0 Å². The summed E-state index contributed by atoms with van der Waals surface area (Å²) in [6.07, 6.45) is 6.35. The molecule has 1 N–H and O–H groups in total. The average molecular weight is 440 g/mol. The van der Waals surface area contributed by atoms with Crippen LogP contribution in [0.1, 0.15) is 53.2 Å². The number of fused-ring (bicyclic) bond motifs is 2. The van der Waals surface area contributed by atoms with Gasteiger partial charge in [-0.1, -0.05) is 0 Å². The molecule has 5 rings (SSSR count). The molecular formula is C23H25N3O4S. The fraction of sp³-hybridized carbons (Fsp3) is 0.435. The first-order chi connectivity index (χ1) is 15.0. The van der Waals surface area contributed by atoms with Gasteiger partial charge < -0.3 is 14.8 Å². The van der Waals surface area contributed by atoms with E-state index in [0.717, 1.165) is 31.5 Å². The zero-order chi connectivity index (χ0) is 21.5. The summed E-state index contributed by atoms with van der Waals surface area (Å²) in [5.74, 6) is 1.85. The molecule has 1 aliphatic heterocycles. The number of carbonyl (C=O) groups excluding carboxylic acids is 1. The quantitative estimate of drug-likeness (QED) is 0.641. The first-order valence-corrected chi connectivity index (χ1v) is 11.6. The van der Waals surface area contributed by atoms with E-state index in [9.17, 15) is 9.59 Å². The lowest BCUT2D eigenvalue weighted by molar-refractivity contribution is 0.103. The van der Waals surface area contributed by atoms with Crippen LogP contribution >= 0.6 is 11.3 Å². The minimum atomic E-state index is -0.248. The summed E-state index contributed by atoms with van der Waals surface area (Å²) in [4.78, 5) is 31.8. The Hall–Kier alpha value is -2.87. The van der Waals surface area contributed by atoms with E-state index in [0.29, 0.717) is 44.4 Å². The van der Waals surface area contributed by atoms with E-state index >= 15 is 0 Å². The number of methoxy groups -OCH3 is 1. The maximum atomic E-state index is 13.1. The van der Waals surface area contributed by atoms with Crippen LogP contribution in [0, 0.1) is 6.92 Å². The number of thiophene rings is 1. The molecule has 1 aliphatic carbocycles. The Morgan fingerprint density at radius 1 is 1.23 bits per heavy atom. The molecule has 3 aromatic rings. The number of anilines is 1. The van der Waals surface area contributed by atoms with Gasteiger partial charge in [-0.25, -0.2) is 4.98 Å². The summed E-state index contributed by atoms with van der Waals surface area (Å²) in [5.41, 5.74) is 1.28. The molecule has 0 radical (unpaired) electrons. The van der Waals surface area contributed by atoms with E-state index in [-0.39, 0.29) is 17.6 Å². The van der Waals surface area contributed by atoms with Gasteiger partial charge in [-0.15, -0.1) is 11.3 Å². The molecule has 3 heterocycles. The molecule has 1 amide bonds. The molecule has 0 unspecified atom stereocenters. The van der Waals surface area contributed by atoms with Crippen LogP contribution in [0.15, 0.2) is 23.0 Å². The summed E-state index contributed by atoms with van der Waals surface area (Å²) < 4.78 is 13.3. The lowest BCUT2D eigenvalue weighted by atomic mass is 10.2. The molecule has 0 saturated heterocycles. The maximum Gasteiger partial charge on any atom is 0.266 e. The summed E-state index contributed by atoms with van der Waals surface area (Å²) in [5, 5.41) is 3.51. The van der Waals surface area contributed by atoms with Crippen LogP contribution in [0.5, 0.6) is 11.5 Å². The molecule has 0 spiro atoms. The van der Waals surface area contributed by atoms with Crippen molar-refractivity contribution in [2.24, 2.45) is 0 Å². The molecule has 2 aromatic heterocycles. The Balaban J connectivity index is 1.43. The first-order valence-electron chi connectivity index (χ1n) is 10.7. The smallest absolute Gasteiger partial charge is 0.266 e. The highest BCUT2D eigenvalue weighted by Gasteiger charge is 2.24. The third-order valence-electron chi connectivity index (χ3n) is 6.14. The van der Waals surface area contributed by atoms with E-state index in [1.807, 2.05) is 6.92 Å². The van der Waals surface area contributed by atoms with Gasteiger partial charge in [0.15, 0.2) is 11.5 Å². The Bertz CT molecular complexity index is 1220. The zero-order valence-electron chi connectivity index (χ0n) is 17.7. The third kappa shape index (κ3) is 3.59. The fourth-order valence-corrected chi connectivity index (χ4v) is 5.60. The molecule has 31 heavy (non-hydrogen) atoms. The van der Waals surface area contributed by atoms with Crippen LogP contribution in [0.4, 0.5) is 5.69 Å². The standard InChI is InChI=1S/C23H25N3O4S/c1-13-19-22(25-18-8-5-11-26(18)23(19)28)31-20(13)21(27)24-14-9-10-16(29-2)17(12-14)30-15-6-3-4-7-15/h9-10,12,15H,3-8,11H2,1-2H3,(H,24,27). The highest BCUT2D eigenvalue weighted by molar-refractivity contribution is 7.20. The number of nitrogens with one attached hydrogen (secondary N) is 1. The first kappa shape index (κ1) is 20.1. The molecular weight excluding hydrogens is 414 g/mol. The molecule has 162 valence electrons. The molecule has 8 heteroatoms. The SMILES string of the molecule is COc1ccc(NC(=O)c2sc3nc4n(c(=O)c3c2C)CCC4)cc1OC1CCCC1. The number of nitrogens with zero attached hydrogens (tertiary/aromatic N) is 2. The van der Waals surface area contributed by atoms with Gasteiger partial charge in [-0.2, -0.15) is 0 Å². The van der Waals surface area contributed by atoms with E-state index < -0.39 is 0 Å². The minimum Gasteiger partial charge on any atom is -0.493 e.